The Morgan fingerprint density at radius 2 is 1.62 bits per heavy atom. The molecule has 0 aliphatic rings. The van der Waals surface area contributed by atoms with Crippen LogP contribution in [-0.2, 0) is 30.6 Å². The molecule has 0 spiro atoms. The zero-order valence-corrected chi connectivity index (χ0v) is 19.5. The van der Waals surface area contributed by atoms with Crippen LogP contribution in [0.2, 0.25) is 0 Å². The summed E-state index contributed by atoms with van der Waals surface area (Å²) in [5.74, 6) is -0.0960. The summed E-state index contributed by atoms with van der Waals surface area (Å²) < 4.78 is 94.0. The van der Waals surface area contributed by atoms with Gasteiger partial charge in [-0.2, -0.15) is 26.3 Å². The summed E-state index contributed by atoms with van der Waals surface area (Å²) in [5, 5.41) is 0. The van der Waals surface area contributed by atoms with Crippen LogP contribution >= 0.6 is 0 Å². The molecule has 1 atom stereocenters. The second-order valence-corrected chi connectivity index (χ2v) is 9.45. The molecule has 0 saturated carbocycles. The molecule has 2 aromatic carbocycles. The lowest BCUT2D eigenvalue weighted by Crippen LogP contribution is -2.08. The Morgan fingerprint density at radius 3 is 2.27 bits per heavy atom. The van der Waals surface area contributed by atoms with Crippen LogP contribution in [0.3, 0.4) is 0 Å². The number of fused-ring (bicyclic) bond motifs is 1. The highest BCUT2D eigenvalue weighted by Crippen LogP contribution is 2.37. The number of nitrogens with one attached hydrogen (secondary N) is 1. The molecular weight excluding hydrogens is 520 g/mol. The maximum Gasteiger partial charge on any atom is 0.434 e. The molecule has 0 amide bonds. The quantitative estimate of drug-likeness (QED) is 0.219. The number of alkyl halides is 6. The molecule has 0 bridgehead atoms. The summed E-state index contributed by atoms with van der Waals surface area (Å²) in [5.41, 5.74) is -1.20. The molecule has 0 aliphatic heterocycles. The molecule has 6 nitrogen and oxygen atoms in total. The van der Waals surface area contributed by atoms with E-state index in [1.165, 1.54) is 66.5 Å². The van der Waals surface area contributed by atoms with Crippen molar-refractivity contribution in [2.24, 2.45) is 7.05 Å². The van der Waals surface area contributed by atoms with Gasteiger partial charge in [0, 0.05) is 35.5 Å². The molecule has 190 valence electrons. The van der Waals surface area contributed by atoms with Gasteiger partial charge in [0.1, 0.15) is 11.3 Å². The standard InChI is InChI=1S/C24H15F6N5OS/c1-35-12-19(24(28,29)30)33-22(35)13-6-8-14(9-7-13)37(36)18-11-31-17-10-32-21(34-20(17)18)15-4-2-3-5-16(15)23(25,26)27/h2-12,31H,1H3. The highest BCUT2D eigenvalue weighted by Gasteiger charge is 2.35. The maximum absolute atomic E-state index is 13.5. The number of nitrogens with zero attached hydrogens (tertiary/aromatic N) is 4. The number of aryl methyl sites for hydroxylation is 1. The van der Waals surface area contributed by atoms with Crippen LogP contribution in [-0.4, -0.2) is 29.1 Å². The van der Waals surface area contributed by atoms with Gasteiger partial charge in [-0.3, -0.25) is 0 Å². The largest absolute Gasteiger partial charge is 0.606 e. The van der Waals surface area contributed by atoms with E-state index in [-0.39, 0.29) is 27.6 Å². The molecule has 3 aromatic heterocycles. The van der Waals surface area contributed by atoms with Crippen molar-refractivity contribution in [2.45, 2.75) is 22.1 Å². The third-order valence-electron chi connectivity index (χ3n) is 5.55. The summed E-state index contributed by atoms with van der Waals surface area (Å²) >= 11 is -1.81. The number of halogens is 6. The van der Waals surface area contributed by atoms with E-state index >= 15 is 0 Å². The van der Waals surface area contributed by atoms with Gasteiger partial charge in [0.25, 0.3) is 0 Å². The molecule has 1 unspecified atom stereocenters. The third-order valence-corrected chi connectivity index (χ3v) is 6.96. The highest BCUT2D eigenvalue weighted by atomic mass is 32.2. The number of hydrogen-bond acceptors (Lipinski definition) is 4. The molecule has 5 rings (SSSR count). The van der Waals surface area contributed by atoms with Gasteiger partial charge in [-0.15, -0.1) is 0 Å². The third kappa shape index (κ3) is 4.67. The number of H-pyrrole nitrogens is 1. The van der Waals surface area contributed by atoms with Gasteiger partial charge in [-0.25, -0.2) is 15.0 Å². The molecule has 1 N–H and O–H groups in total. The Kier molecular flexibility index (Phi) is 5.99. The minimum absolute atomic E-state index is 0.0810. The van der Waals surface area contributed by atoms with Crippen LogP contribution in [0, 0.1) is 0 Å². The number of imidazole rings is 1. The summed E-state index contributed by atoms with van der Waals surface area (Å²) in [7, 11) is 1.43. The fourth-order valence-corrected chi connectivity index (χ4v) is 4.94. The van der Waals surface area contributed by atoms with E-state index in [9.17, 15) is 30.9 Å². The molecule has 0 radical (unpaired) electrons. The molecule has 3 heterocycles. The van der Waals surface area contributed by atoms with Crippen molar-refractivity contribution in [3.05, 3.63) is 78.4 Å². The molecule has 13 heteroatoms. The van der Waals surface area contributed by atoms with Gasteiger partial charge < -0.3 is 14.1 Å². The van der Waals surface area contributed by atoms with Gasteiger partial charge in [0.05, 0.1) is 23.5 Å². The van der Waals surface area contributed by atoms with Crippen molar-refractivity contribution >= 4 is 22.2 Å². The summed E-state index contributed by atoms with van der Waals surface area (Å²) in [6.45, 7) is 0. The van der Waals surface area contributed by atoms with Crippen LogP contribution in [0.5, 0.6) is 0 Å². The zero-order valence-electron chi connectivity index (χ0n) is 18.7. The van der Waals surface area contributed by atoms with Crippen LogP contribution < -0.4 is 0 Å². The lowest BCUT2D eigenvalue weighted by atomic mass is 10.1. The van der Waals surface area contributed by atoms with Crippen LogP contribution in [0.15, 0.2) is 76.9 Å². The summed E-state index contributed by atoms with van der Waals surface area (Å²) in [6.07, 6.45) is -5.59. The Hall–Kier alpha value is -3.84. The Labute approximate surface area is 208 Å². The first-order chi connectivity index (χ1) is 17.4. The Morgan fingerprint density at radius 1 is 0.919 bits per heavy atom. The van der Waals surface area contributed by atoms with E-state index in [1.807, 2.05) is 0 Å². The van der Waals surface area contributed by atoms with Gasteiger partial charge in [-0.05, 0) is 30.3 Å². The van der Waals surface area contributed by atoms with Gasteiger partial charge >= 0.3 is 12.4 Å². The van der Waals surface area contributed by atoms with E-state index in [0.717, 1.165) is 12.3 Å². The van der Waals surface area contributed by atoms with Crippen LogP contribution in [0.1, 0.15) is 11.3 Å². The second kappa shape index (κ2) is 8.92. The normalized spacial score (nSPS) is 13.3. The van der Waals surface area contributed by atoms with Crippen LogP contribution in [0.25, 0.3) is 33.8 Å². The number of benzene rings is 2. The first-order valence-corrected chi connectivity index (χ1v) is 11.7. The average Bonchev–Trinajstić information content (AvgIpc) is 3.46. The predicted octanol–water partition coefficient (Wildman–Crippen LogP) is 6.23. The first-order valence-electron chi connectivity index (χ1n) is 10.6. The number of hydrogen-bond donors (Lipinski definition) is 1. The smallest absolute Gasteiger partial charge is 0.434 e. The number of aromatic nitrogens is 5. The summed E-state index contributed by atoms with van der Waals surface area (Å²) in [6, 6.07) is 10.8. The minimum atomic E-state index is -4.62. The summed E-state index contributed by atoms with van der Waals surface area (Å²) in [4.78, 5) is 15.3. The van der Waals surface area contributed by atoms with E-state index in [2.05, 4.69) is 19.9 Å². The molecule has 5 aromatic rings. The monoisotopic (exact) mass is 535 g/mol. The fraction of sp³-hybridized carbons (Fsp3) is 0.125. The van der Waals surface area contributed by atoms with E-state index in [0.29, 0.717) is 16.0 Å². The van der Waals surface area contributed by atoms with Crippen molar-refractivity contribution in [1.82, 2.24) is 24.5 Å². The van der Waals surface area contributed by atoms with Crippen molar-refractivity contribution in [3.63, 3.8) is 0 Å². The van der Waals surface area contributed by atoms with Crippen molar-refractivity contribution in [3.8, 4) is 22.8 Å². The lowest BCUT2D eigenvalue weighted by Gasteiger charge is -2.12. The van der Waals surface area contributed by atoms with Crippen molar-refractivity contribution in [1.29, 1.82) is 0 Å². The van der Waals surface area contributed by atoms with Gasteiger partial charge in [0.15, 0.2) is 16.4 Å². The minimum Gasteiger partial charge on any atom is -0.606 e. The van der Waals surface area contributed by atoms with E-state index < -0.39 is 34.8 Å². The molecule has 0 aliphatic carbocycles. The lowest BCUT2D eigenvalue weighted by molar-refractivity contribution is -0.141. The zero-order chi connectivity index (χ0) is 26.5. The van der Waals surface area contributed by atoms with E-state index in [4.69, 9.17) is 0 Å². The SMILES string of the molecule is Cn1cc(C(F)(F)F)nc1-c1ccc([S+]([O-])c2c[nH]c3cnc(-c4ccccc4C(F)(F)F)nc23)cc1. The fourth-order valence-electron chi connectivity index (χ4n) is 3.81. The van der Waals surface area contributed by atoms with E-state index in [1.54, 1.807) is 0 Å². The average molecular weight is 535 g/mol. The Balaban J connectivity index is 1.49. The van der Waals surface area contributed by atoms with Crippen molar-refractivity contribution in [2.75, 3.05) is 0 Å². The second-order valence-electron chi connectivity index (χ2n) is 8.00. The number of aromatic amines is 1. The molecular formula is C24H15F6N5OS. The molecule has 37 heavy (non-hydrogen) atoms. The predicted molar refractivity (Wildman–Crippen MR) is 123 cm³/mol. The van der Waals surface area contributed by atoms with Gasteiger partial charge in [0.2, 0.25) is 4.90 Å². The van der Waals surface area contributed by atoms with Gasteiger partial charge in [-0.1, -0.05) is 18.2 Å². The Bertz CT molecular complexity index is 1590. The van der Waals surface area contributed by atoms with Crippen molar-refractivity contribution < 1.29 is 30.9 Å². The molecule has 0 saturated heterocycles. The van der Waals surface area contributed by atoms with Crippen LogP contribution in [0.4, 0.5) is 26.3 Å². The number of rotatable bonds is 4. The maximum atomic E-state index is 13.5. The highest BCUT2D eigenvalue weighted by molar-refractivity contribution is 7.91. The topological polar surface area (TPSA) is 82.5 Å². The first kappa shape index (κ1) is 24.8. The molecule has 0 fully saturated rings.